The monoisotopic (exact) mass is 288 g/mol. The van der Waals surface area contributed by atoms with Gasteiger partial charge in [-0.05, 0) is 33.6 Å². The SMILES string of the molecule is CC(C)(C)OC(=O)NC12CN(C(=O)O)CC(CF)(C1)C2. The predicted molar refractivity (Wildman–Crippen MR) is 69.3 cm³/mol. The second-order valence-electron chi connectivity index (χ2n) is 7.03. The number of rotatable bonds is 2. The second kappa shape index (κ2) is 4.49. The van der Waals surface area contributed by atoms with Crippen molar-refractivity contribution in [2.75, 3.05) is 19.8 Å². The van der Waals surface area contributed by atoms with E-state index in [2.05, 4.69) is 5.32 Å². The van der Waals surface area contributed by atoms with Gasteiger partial charge in [-0.25, -0.2) is 9.59 Å². The van der Waals surface area contributed by atoms with Crippen LogP contribution < -0.4 is 5.32 Å². The number of hydrogen-bond donors (Lipinski definition) is 2. The Bertz CT molecular complexity index is 427. The minimum Gasteiger partial charge on any atom is -0.465 e. The summed E-state index contributed by atoms with van der Waals surface area (Å²) in [5.41, 5.74) is -1.96. The second-order valence-corrected chi connectivity index (χ2v) is 7.03. The molecule has 2 saturated heterocycles. The molecule has 0 radical (unpaired) electrons. The van der Waals surface area contributed by atoms with Crippen LogP contribution in [-0.2, 0) is 4.74 Å². The van der Waals surface area contributed by atoms with Crippen molar-refractivity contribution in [1.29, 1.82) is 0 Å². The van der Waals surface area contributed by atoms with Gasteiger partial charge < -0.3 is 20.1 Å². The molecule has 1 saturated carbocycles. The van der Waals surface area contributed by atoms with Crippen LogP contribution in [0.25, 0.3) is 0 Å². The van der Waals surface area contributed by atoms with Gasteiger partial charge in [0.15, 0.2) is 0 Å². The van der Waals surface area contributed by atoms with Gasteiger partial charge in [0.1, 0.15) is 5.60 Å². The Kier molecular flexibility index (Phi) is 3.34. The molecule has 0 aromatic carbocycles. The topological polar surface area (TPSA) is 78.9 Å². The molecule has 2 bridgehead atoms. The van der Waals surface area contributed by atoms with Crippen molar-refractivity contribution in [2.24, 2.45) is 5.41 Å². The fourth-order valence-corrected chi connectivity index (χ4v) is 3.35. The standard InChI is InChI=1S/C13H21FN2O4/c1-11(2,3)20-9(17)15-13-4-12(5-13,6-14)7-16(8-13)10(18)19/h4-8H2,1-3H3,(H,15,17)(H,18,19). The van der Waals surface area contributed by atoms with Gasteiger partial charge in [-0.1, -0.05) is 0 Å². The summed E-state index contributed by atoms with van der Waals surface area (Å²) < 4.78 is 18.3. The number of ether oxygens (including phenoxy) is 1. The van der Waals surface area contributed by atoms with Crippen molar-refractivity contribution >= 4 is 12.2 Å². The van der Waals surface area contributed by atoms with Crippen molar-refractivity contribution < 1.29 is 23.8 Å². The molecule has 2 aliphatic heterocycles. The number of nitrogens with one attached hydrogen (secondary N) is 1. The lowest BCUT2D eigenvalue weighted by Gasteiger charge is -2.61. The van der Waals surface area contributed by atoms with Gasteiger partial charge in [-0.15, -0.1) is 0 Å². The number of amides is 2. The van der Waals surface area contributed by atoms with Crippen LogP contribution >= 0.6 is 0 Å². The first-order chi connectivity index (χ1) is 9.09. The first-order valence-electron chi connectivity index (χ1n) is 6.64. The van der Waals surface area contributed by atoms with E-state index in [0.717, 1.165) is 0 Å². The summed E-state index contributed by atoms with van der Waals surface area (Å²) in [6.45, 7) is 5.05. The van der Waals surface area contributed by atoms with E-state index in [4.69, 9.17) is 9.84 Å². The molecule has 3 aliphatic rings. The van der Waals surface area contributed by atoms with Crippen molar-refractivity contribution in [1.82, 2.24) is 10.2 Å². The van der Waals surface area contributed by atoms with Crippen molar-refractivity contribution in [3.63, 3.8) is 0 Å². The van der Waals surface area contributed by atoms with Crippen molar-refractivity contribution in [3.8, 4) is 0 Å². The van der Waals surface area contributed by atoms with Gasteiger partial charge in [0.25, 0.3) is 0 Å². The third-order valence-corrected chi connectivity index (χ3v) is 3.77. The van der Waals surface area contributed by atoms with Gasteiger partial charge in [-0.2, -0.15) is 0 Å². The summed E-state index contributed by atoms with van der Waals surface area (Å²) in [6, 6.07) is 0. The third-order valence-electron chi connectivity index (χ3n) is 3.77. The molecule has 0 unspecified atom stereocenters. The number of carboxylic acid groups (broad SMARTS) is 1. The van der Waals surface area contributed by atoms with E-state index in [1.165, 1.54) is 4.90 Å². The predicted octanol–water partition coefficient (Wildman–Crippen LogP) is 1.99. The number of carbonyl (C=O) groups is 2. The Balaban J connectivity index is 2.04. The third kappa shape index (κ3) is 2.81. The molecule has 3 rings (SSSR count). The van der Waals surface area contributed by atoms with Crippen LogP contribution in [0.1, 0.15) is 33.6 Å². The molecule has 0 atom stereocenters. The van der Waals surface area contributed by atoms with E-state index in [1.807, 2.05) is 0 Å². The zero-order valence-corrected chi connectivity index (χ0v) is 12.0. The fraction of sp³-hybridized carbons (Fsp3) is 0.846. The maximum absolute atomic E-state index is 13.2. The molecule has 20 heavy (non-hydrogen) atoms. The highest BCUT2D eigenvalue weighted by Gasteiger charge is 2.61. The number of piperidine rings is 2. The normalized spacial score (nSPS) is 32.3. The minimum absolute atomic E-state index is 0.184. The molecule has 114 valence electrons. The van der Waals surface area contributed by atoms with Gasteiger partial charge in [0.2, 0.25) is 0 Å². The van der Waals surface area contributed by atoms with Gasteiger partial charge in [0, 0.05) is 18.5 Å². The molecule has 0 spiro atoms. The summed E-state index contributed by atoms with van der Waals surface area (Å²) >= 11 is 0. The average molecular weight is 288 g/mol. The molecular weight excluding hydrogens is 267 g/mol. The Morgan fingerprint density at radius 3 is 2.40 bits per heavy atom. The maximum Gasteiger partial charge on any atom is 0.408 e. The van der Waals surface area contributed by atoms with Crippen LogP contribution in [0.4, 0.5) is 14.0 Å². The number of nitrogens with zero attached hydrogens (tertiary/aromatic N) is 1. The smallest absolute Gasteiger partial charge is 0.408 e. The number of alkyl halides is 1. The van der Waals surface area contributed by atoms with E-state index < -0.39 is 35.4 Å². The Morgan fingerprint density at radius 2 is 1.95 bits per heavy atom. The van der Waals surface area contributed by atoms with Crippen LogP contribution in [0.15, 0.2) is 0 Å². The number of carbonyl (C=O) groups excluding carboxylic acids is 1. The van der Waals surface area contributed by atoms with Crippen molar-refractivity contribution in [2.45, 2.75) is 44.8 Å². The van der Waals surface area contributed by atoms with Crippen molar-refractivity contribution in [3.05, 3.63) is 0 Å². The summed E-state index contributed by atoms with van der Waals surface area (Å²) in [7, 11) is 0. The number of alkyl carbamates (subject to hydrolysis) is 1. The van der Waals surface area contributed by atoms with Gasteiger partial charge >= 0.3 is 12.2 Å². The molecule has 2 N–H and O–H groups in total. The Hall–Kier alpha value is -1.53. The minimum atomic E-state index is -1.09. The highest BCUT2D eigenvalue weighted by molar-refractivity contribution is 5.70. The molecule has 2 heterocycles. The highest BCUT2D eigenvalue weighted by Crippen LogP contribution is 2.53. The lowest BCUT2D eigenvalue weighted by molar-refractivity contribution is -0.0992. The van der Waals surface area contributed by atoms with E-state index in [-0.39, 0.29) is 13.1 Å². The molecule has 7 heteroatoms. The van der Waals surface area contributed by atoms with Crippen LogP contribution in [0.3, 0.4) is 0 Å². The lowest BCUT2D eigenvalue weighted by Crippen LogP contribution is -2.74. The van der Waals surface area contributed by atoms with Crippen LogP contribution in [0.5, 0.6) is 0 Å². The summed E-state index contributed by atoms with van der Waals surface area (Å²) in [4.78, 5) is 24.1. The van der Waals surface area contributed by atoms with Crippen LogP contribution in [0, 0.1) is 5.41 Å². The van der Waals surface area contributed by atoms with E-state index >= 15 is 0 Å². The fourth-order valence-electron chi connectivity index (χ4n) is 3.35. The van der Waals surface area contributed by atoms with Crippen LogP contribution in [0.2, 0.25) is 0 Å². The quantitative estimate of drug-likeness (QED) is 0.814. The van der Waals surface area contributed by atoms with E-state index in [9.17, 15) is 14.0 Å². The summed E-state index contributed by atoms with van der Waals surface area (Å²) in [5.74, 6) is 0. The highest BCUT2D eigenvalue weighted by atomic mass is 19.1. The number of hydrogen-bond acceptors (Lipinski definition) is 3. The first kappa shape index (κ1) is 14.9. The molecule has 0 aromatic rings. The van der Waals surface area contributed by atoms with Gasteiger partial charge in [-0.3, -0.25) is 4.39 Å². The zero-order chi connectivity index (χ0) is 15.2. The zero-order valence-electron chi connectivity index (χ0n) is 12.0. The molecular formula is C13H21FN2O4. The van der Waals surface area contributed by atoms with E-state index in [0.29, 0.717) is 12.8 Å². The summed E-state index contributed by atoms with van der Waals surface area (Å²) in [6.07, 6.45) is -0.756. The lowest BCUT2D eigenvalue weighted by atomic mass is 9.54. The number of halogens is 1. The average Bonchev–Trinajstić information content (AvgIpc) is 2.24. The maximum atomic E-state index is 13.2. The molecule has 3 fully saturated rings. The Labute approximate surface area is 117 Å². The summed E-state index contributed by atoms with van der Waals surface area (Å²) in [5, 5.41) is 11.8. The molecule has 1 aliphatic carbocycles. The molecule has 0 aromatic heterocycles. The number of fused-ring (bicyclic) bond motifs is 2. The van der Waals surface area contributed by atoms with Gasteiger partial charge in [0.05, 0.1) is 12.2 Å². The van der Waals surface area contributed by atoms with Crippen LogP contribution in [-0.4, -0.2) is 53.1 Å². The van der Waals surface area contributed by atoms with E-state index in [1.54, 1.807) is 20.8 Å². The molecule has 6 nitrogen and oxygen atoms in total. The molecule has 2 amide bonds. The largest absolute Gasteiger partial charge is 0.465 e. The first-order valence-corrected chi connectivity index (χ1v) is 6.64. The Morgan fingerprint density at radius 1 is 1.35 bits per heavy atom.